The van der Waals surface area contributed by atoms with Crippen LogP contribution in [0.4, 0.5) is 0 Å². The second-order valence-electron chi connectivity index (χ2n) is 7.36. The number of carboxylic acids is 1. The number of likely N-dealkylation sites (tertiary alicyclic amines) is 1. The van der Waals surface area contributed by atoms with Crippen LogP contribution in [0.1, 0.15) is 51.9 Å². The average molecular weight is 294 g/mol. The predicted molar refractivity (Wildman–Crippen MR) is 83.3 cm³/mol. The Morgan fingerprint density at radius 2 is 2.00 bits per heavy atom. The molecule has 5 unspecified atom stereocenters. The van der Waals surface area contributed by atoms with E-state index in [1.807, 2.05) is 0 Å². The largest absolute Gasteiger partial charge is 0.481 e. The zero-order valence-corrected chi connectivity index (χ0v) is 13.3. The highest BCUT2D eigenvalue weighted by Crippen LogP contribution is 2.48. The van der Waals surface area contributed by atoms with Crippen LogP contribution in [0.2, 0.25) is 0 Å². The number of rotatable bonds is 5. The van der Waals surface area contributed by atoms with Crippen LogP contribution < -0.4 is 5.32 Å². The van der Waals surface area contributed by atoms with Crippen molar-refractivity contribution in [1.29, 1.82) is 0 Å². The fraction of sp³-hybridized carbons (Fsp3) is 0.941. The topological polar surface area (TPSA) is 52.6 Å². The maximum Gasteiger partial charge on any atom is 0.308 e. The molecule has 120 valence electrons. The summed E-state index contributed by atoms with van der Waals surface area (Å²) in [5, 5.41) is 13.3. The number of aliphatic carboxylic acids is 1. The van der Waals surface area contributed by atoms with Crippen molar-refractivity contribution in [1.82, 2.24) is 10.2 Å². The molecule has 0 spiro atoms. The van der Waals surface area contributed by atoms with Gasteiger partial charge in [0.1, 0.15) is 0 Å². The Kier molecular flexibility index (Phi) is 4.85. The molecule has 0 aromatic heterocycles. The summed E-state index contributed by atoms with van der Waals surface area (Å²) in [5.74, 6) is 0.359. The maximum atomic E-state index is 11.6. The van der Waals surface area contributed by atoms with Gasteiger partial charge in [-0.3, -0.25) is 4.79 Å². The SMILES string of the molecule is CCCN1CCCC(NC2C3CCC(C3)C2C(=O)O)CC1. The molecule has 3 rings (SSSR count). The first-order valence-corrected chi connectivity index (χ1v) is 8.90. The fourth-order valence-corrected chi connectivity index (χ4v) is 5.02. The number of nitrogens with zero attached hydrogens (tertiary/aromatic N) is 1. The van der Waals surface area contributed by atoms with Crippen molar-refractivity contribution in [2.24, 2.45) is 17.8 Å². The van der Waals surface area contributed by atoms with Gasteiger partial charge in [-0.1, -0.05) is 6.92 Å². The number of fused-ring (bicyclic) bond motifs is 2. The molecule has 1 saturated heterocycles. The van der Waals surface area contributed by atoms with Gasteiger partial charge in [-0.2, -0.15) is 0 Å². The van der Waals surface area contributed by atoms with E-state index in [1.54, 1.807) is 0 Å². The van der Waals surface area contributed by atoms with Gasteiger partial charge < -0.3 is 15.3 Å². The molecule has 4 heteroatoms. The molecule has 3 aliphatic rings. The molecule has 2 N–H and O–H groups in total. The minimum absolute atomic E-state index is 0.126. The summed E-state index contributed by atoms with van der Waals surface area (Å²) in [6, 6.07) is 0.766. The van der Waals surface area contributed by atoms with E-state index in [-0.39, 0.29) is 12.0 Å². The smallest absolute Gasteiger partial charge is 0.308 e. The Morgan fingerprint density at radius 3 is 2.76 bits per heavy atom. The van der Waals surface area contributed by atoms with Crippen molar-refractivity contribution in [3.8, 4) is 0 Å². The predicted octanol–water partition coefficient (Wildman–Crippen LogP) is 2.34. The molecule has 4 nitrogen and oxygen atoms in total. The van der Waals surface area contributed by atoms with Gasteiger partial charge in [-0.25, -0.2) is 0 Å². The molecular formula is C17H30N2O2. The van der Waals surface area contributed by atoms with E-state index in [9.17, 15) is 9.90 Å². The highest BCUT2D eigenvalue weighted by atomic mass is 16.4. The first-order chi connectivity index (χ1) is 10.2. The lowest BCUT2D eigenvalue weighted by atomic mass is 9.84. The number of nitrogens with one attached hydrogen (secondary N) is 1. The third-order valence-corrected chi connectivity index (χ3v) is 5.99. The van der Waals surface area contributed by atoms with Crippen LogP contribution in [0, 0.1) is 17.8 Å². The molecule has 0 amide bonds. The van der Waals surface area contributed by atoms with Crippen LogP contribution in [0.25, 0.3) is 0 Å². The lowest BCUT2D eigenvalue weighted by molar-refractivity contribution is -0.144. The fourth-order valence-electron chi connectivity index (χ4n) is 5.02. The molecular weight excluding hydrogens is 264 g/mol. The van der Waals surface area contributed by atoms with Gasteiger partial charge in [-0.15, -0.1) is 0 Å². The Labute approximate surface area is 128 Å². The molecule has 5 atom stereocenters. The summed E-state index contributed by atoms with van der Waals surface area (Å²) < 4.78 is 0. The first kappa shape index (κ1) is 15.3. The Hall–Kier alpha value is -0.610. The molecule has 2 bridgehead atoms. The van der Waals surface area contributed by atoms with Crippen LogP contribution >= 0.6 is 0 Å². The van der Waals surface area contributed by atoms with E-state index in [0.717, 1.165) is 12.8 Å². The monoisotopic (exact) mass is 294 g/mol. The molecule has 1 heterocycles. The zero-order valence-electron chi connectivity index (χ0n) is 13.3. The normalized spacial score (nSPS) is 40.3. The van der Waals surface area contributed by atoms with Crippen molar-refractivity contribution >= 4 is 5.97 Å². The summed E-state index contributed by atoms with van der Waals surface area (Å²) in [6.07, 6.45) is 8.38. The third kappa shape index (κ3) is 3.26. The number of carbonyl (C=O) groups is 1. The Balaban J connectivity index is 1.57. The van der Waals surface area contributed by atoms with E-state index in [4.69, 9.17) is 0 Å². The summed E-state index contributed by atoms with van der Waals surface area (Å²) in [5.41, 5.74) is 0. The summed E-state index contributed by atoms with van der Waals surface area (Å²) >= 11 is 0. The van der Waals surface area contributed by atoms with Crippen molar-refractivity contribution in [2.75, 3.05) is 19.6 Å². The van der Waals surface area contributed by atoms with Crippen LogP contribution in [0.3, 0.4) is 0 Å². The van der Waals surface area contributed by atoms with Crippen LogP contribution in [0.5, 0.6) is 0 Å². The van der Waals surface area contributed by atoms with Crippen molar-refractivity contribution in [3.05, 3.63) is 0 Å². The lowest BCUT2D eigenvalue weighted by Crippen LogP contribution is -2.48. The zero-order chi connectivity index (χ0) is 14.8. The quantitative estimate of drug-likeness (QED) is 0.817. The van der Waals surface area contributed by atoms with E-state index in [0.29, 0.717) is 17.9 Å². The number of hydrogen-bond donors (Lipinski definition) is 2. The van der Waals surface area contributed by atoms with Gasteiger partial charge in [-0.05, 0) is 76.4 Å². The van der Waals surface area contributed by atoms with Gasteiger partial charge in [0.2, 0.25) is 0 Å². The molecule has 21 heavy (non-hydrogen) atoms. The van der Waals surface area contributed by atoms with Crippen LogP contribution in [-0.4, -0.2) is 47.7 Å². The van der Waals surface area contributed by atoms with Gasteiger partial charge in [0, 0.05) is 12.1 Å². The van der Waals surface area contributed by atoms with E-state index in [1.165, 1.54) is 51.7 Å². The standard InChI is InChI=1S/C17H30N2O2/c1-2-8-19-9-3-4-14(7-10-19)18-16-13-6-5-12(11-13)15(16)17(20)21/h12-16,18H,2-11H2,1H3,(H,20,21). The van der Waals surface area contributed by atoms with Crippen LogP contribution in [0.15, 0.2) is 0 Å². The van der Waals surface area contributed by atoms with Gasteiger partial charge in [0.15, 0.2) is 0 Å². The molecule has 2 aliphatic carbocycles. The van der Waals surface area contributed by atoms with E-state index < -0.39 is 5.97 Å². The molecule has 1 aliphatic heterocycles. The van der Waals surface area contributed by atoms with Gasteiger partial charge in [0.05, 0.1) is 5.92 Å². The highest BCUT2D eigenvalue weighted by molar-refractivity contribution is 5.72. The third-order valence-electron chi connectivity index (χ3n) is 5.99. The Morgan fingerprint density at radius 1 is 1.19 bits per heavy atom. The highest BCUT2D eigenvalue weighted by Gasteiger charge is 2.51. The second-order valence-corrected chi connectivity index (χ2v) is 7.36. The first-order valence-electron chi connectivity index (χ1n) is 8.90. The lowest BCUT2D eigenvalue weighted by Gasteiger charge is -2.32. The number of carboxylic acid groups (broad SMARTS) is 1. The summed E-state index contributed by atoms with van der Waals surface area (Å²) in [7, 11) is 0. The summed E-state index contributed by atoms with van der Waals surface area (Å²) in [6.45, 7) is 5.83. The number of hydrogen-bond acceptors (Lipinski definition) is 3. The van der Waals surface area contributed by atoms with Crippen molar-refractivity contribution < 1.29 is 9.90 Å². The van der Waals surface area contributed by atoms with E-state index in [2.05, 4.69) is 17.1 Å². The van der Waals surface area contributed by atoms with Gasteiger partial charge in [0.25, 0.3) is 0 Å². The average Bonchev–Trinajstić information content (AvgIpc) is 2.97. The van der Waals surface area contributed by atoms with Gasteiger partial charge >= 0.3 is 5.97 Å². The molecule has 0 aromatic carbocycles. The minimum Gasteiger partial charge on any atom is -0.481 e. The minimum atomic E-state index is -0.569. The molecule has 0 aromatic rings. The second kappa shape index (κ2) is 6.66. The molecule has 2 saturated carbocycles. The molecule has 3 fully saturated rings. The maximum absolute atomic E-state index is 11.6. The van der Waals surface area contributed by atoms with Crippen LogP contribution in [-0.2, 0) is 4.79 Å². The molecule has 0 radical (unpaired) electrons. The van der Waals surface area contributed by atoms with Crippen molar-refractivity contribution in [2.45, 2.75) is 64.0 Å². The van der Waals surface area contributed by atoms with E-state index >= 15 is 0 Å². The Bertz CT molecular complexity index is 374. The summed E-state index contributed by atoms with van der Waals surface area (Å²) in [4.78, 5) is 14.2. The van der Waals surface area contributed by atoms with Crippen molar-refractivity contribution in [3.63, 3.8) is 0 Å².